The first-order valence-corrected chi connectivity index (χ1v) is 8.39. The zero-order valence-corrected chi connectivity index (χ0v) is 14.1. The highest BCUT2D eigenvalue weighted by Crippen LogP contribution is 2.17. The summed E-state index contributed by atoms with van der Waals surface area (Å²) in [6.07, 6.45) is 8.89. The van der Waals surface area contributed by atoms with Crippen molar-refractivity contribution in [2.75, 3.05) is 5.32 Å². The Kier molecular flexibility index (Phi) is 5.23. The van der Waals surface area contributed by atoms with Crippen molar-refractivity contribution in [1.29, 1.82) is 0 Å². The summed E-state index contributed by atoms with van der Waals surface area (Å²) in [4.78, 5) is 28.3. The first kappa shape index (κ1) is 16.9. The van der Waals surface area contributed by atoms with Crippen molar-refractivity contribution in [2.45, 2.75) is 38.6 Å². The van der Waals surface area contributed by atoms with Gasteiger partial charge < -0.3 is 10.6 Å². The van der Waals surface area contributed by atoms with E-state index in [1.165, 1.54) is 6.33 Å². The minimum atomic E-state index is -0.606. The molecular weight excluding hydrogens is 318 g/mol. The van der Waals surface area contributed by atoms with Crippen LogP contribution in [0, 0.1) is 0 Å². The summed E-state index contributed by atoms with van der Waals surface area (Å²) in [5, 5.41) is 9.61. The first-order valence-electron chi connectivity index (χ1n) is 8.39. The van der Waals surface area contributed by atoms with E-state index in [9.17, 15) is 9.59 Å². The molecule has 1 aromatic carbocycles. The molecule has 2 N–H and O–H groups in total. The van der Waals surface area contributed by atoms with Gasteiger partial charge in [0.15, 0.2) is 0 Å². The zero-order chi connectivity index (χ0) is 17.6. The highest BCUT2D eigenvalue weighted by Gasteiger charge is 2.19. The number of anilines is 1. The van der Waals surface area contributed by atoms with Gasteiger partial charge in [-0.15, -0.1) is 0 Å². The van der Waals surface area contributed by atoms with Crippen molar-refractivity contribution >= 4 is 17.5 Å². The minimum Gasteiger partial charge on any atom is -0.341 e. The predicted molar refractivity (Wildman–Crippen MR) is 94.1 cm³/mol. The lowest BCUT2D eigenvalue weighted by Gasteiger charge is -2.17. The average Bonchev–Trinajstić information content (AvgIpc) is 3.17. The zero-order valence-electron chi connectivity index (χ0n) is 14.1. The van der Waals surface area contributed by atoms with Crippen LogP contribution >= 0.6 is 0 Å². The van der Waals surface area contributed by atoms with E-state index >= 15 is 0 Å². The van der Waals surface area contributed by atoms with Crippen LogP contribution < -0.4 is 10.6 Å². The minimum absolute atomic E-state index is 0.149. The number of rotatable bonds is 5. The number of nitrogens with one attached hydrogen (secondary N) is 2. The summed E-state index contributed by atoms with van der Waals surface area (Å²) in [5.74, 6) is -0.401. The Morgan fingerprint density at radius 3 is 2.64 bits per heavy atom. The summed E-state index contributed by atoms with van der Waals surface area (Å²) in [7, 11) is 0. The molecule has 0 radical (unpaired) electrons. The number of hydrogen-bond donors (Lipinski definition) is 2. The van der Waals surface area contributed by atoms with Crippen LogP contribution in [0.5, 0.6) is 0 Å². The van der Waals surface area contributed by atoms with Crippen molar-refractivity contribution < 1.29 is 9.59 Å². The van der Waals surface area contributed by atoms with E-state index in [0.29, 0.717) is 5.69 Å². The fourth-order valence-corrected chi connectivity index (χ4v) is 2.69. The Labute approximate surface area is 146 Å². The molecule has 25 heavy (non-hydrogen) atoms. The monoisotopic (exact) mass is 339 g/mol. The van der Waals surface area contributed by atoms with Crippen LogP contribution in [0.25, 0.3) is 5.69 Å². The lowest BCUT2D eigenvalue weighted by molar-refractivity contribution is -0.124. The largest absolute Gasteiger partial charge is 0.341 e. The van der Waals surface area contributed by atoms with Crippen molar-refractivity contribution in [2.24, 2.45) is 0 Å². The average molecular weight is 339 g/mol. The molecule has 0 aliphatic heterocycles. The quantitative estimate of drug-likeness (QED) is 0.874. The van der Waals surface area contributed by atoms with Crippen molar-refractivity contribution in [1.82, 2.24) is 20.1 Å². The molecule has 2 amide bonds. The highest BCUT2D eigenvalue weighted by atomic mass is 16.2. The van der Waals surface area contributed by atoms with E-state index in [1.54, 1.807) is 30.1 Å². The Morgan fingerprint density at radius 1 is 1.20 bits per heavy atom. The third kappa shape index (κ3) is 4.32. The third-order valence-electron chi connectivity index (χ3n) is 4.14. The van der Waals surface area contributed by atoms with Gasteiger partial charge in [0.2, 0.25) is 11.8 Å². The summed E-state index contributed by atoms with van der Waals surface area (Å²) in [6.45, 7) is 1.68. The van der Waals surface area contributed by atoms with Gasteiger partial charge in [0.25, 0.3) is 0 Å². The molecule has 1 heterocycles. The number of amides is 2. The second-order valence-corrected chi connectivity index (χ2v) is 6.05. The molecule has 1 atom stereocenters. The molecule has 0 saturated heterocycles. The van der Waals surface area contributed by atoms with Gasteiger partial charge in [-0.3, -0.25) is 9.59 Å². The normalized spacial score (nSPS) is 15.2. The molecule has 2 aromatic rings. The lowest BCUT2D eigenvalue weighted by Crippen LogP contribution is -2.42. The van der Waals surface area contributed by atoms with Crippen molar-refractivity contribution in [3.05, 3.63) is 48.6 Å². The molecule has 0 spiro atoms. The molecule has 0 saturated carbocycles. The molecule has 0 unspecified atom stereocenters. The maximum Gasteiger partial charge on any atom is 0.247 e. The number of carbonyl (C=O) groups excluding carboxylic acids is 2. The van der Waals surface area contributed by atoms with E-state index < -0.39 is 6.04 Å². The van der Waals surface area contributed by atoms with Crippen molar-refractivity contribution in [3.8, 4) is 5.69 Å². The summed E-state index contributed by atoms with van der Waals surface area (Å²) in [5.41, 5.74) is 2.29. The number of allylic oxidation sites excluding steroid dienone is 1. The SMILES string of the molecule is C[C@@H](NC(=O)C1=CCCCC1)C(=O)Nc1ccc(-n2cncn2)cc1. The Morgan fingerprint density at radius 2 is 2.00 bits per heavy atom. The summed E-state index contributed by atoms with van der Waals surface area (Å²) in [6, 6.07) is 6.63. The maximum absolute atomic E-state index is 12.3. The van der Waals surface area contributed by atoms with Gasteiger partial charge in [0.1, 0.15) is 18.7 Å². The number of benzene rings is 1. The third-order valence-corrected chi connectivity index (χ3v) is 4.14. The van der Waals surface area contributed by atoms with E-state index in [-0.39, 0.29) is 11.8 Å². The predicted octanol–water partition coefficient (Wildman–Crippen LogP) is 2.21. The fraction of sp³-hybridized carbons (Fsp3) is 0.333. The van der Waals surface area contributed by atoms with E-state index in [1.807, 2.05) is 18.2 Å². The fourth-order valence-electron chi connectivity index (χ4n) is 2.69. The summed E-state index contributed by atoms with van der Waals surface area (Å²) < 4.78 is 1.63. The van der Waals surface area contributed by atoms with Gasteiger partial charge in [0, 0.05) is 11.3 Å². The van der Waals surface area contributed by atoms with Crippen molar-refractivity contribution in [3.63, 3.8) is 0 Å². The smallest absolute Gasteiger partial charge is 0.247 e. The van der Waals surface area contributed by atoms with Crippen LogP contribution in [-0.2, 0) is 9.59 Å². The first-order chi connectivity index (χ1) is 12.1. The summed E-state index contributed by atoms with van der Waals surface area (Å²) >= 11 is 0. The topological polar surface area (TPSA) is 88.9 Å². The van der Waals surface area contributed by atoms with Gasteiger partial charge in [-0.2, -0.15) is 5.10 Å². The van der Waals surface area contributed by atoms with Crippen LogP contribution in [0.2, 0.25) is 0 Å². The van der Waals surface area contributed by atoms with E-state index in [0.717, 1.165) is 36.9 Å². The maximum atomic E-state index is 12.3. The van der Waals surface area contributed by atoms with Crippen LogP contribution in [0.1, 0.15) is 32.6 Å². The number of nitrogens with zero attached hydrogens (tertiary/aromatic N) is 3. The van der Waals surface area contributed by atoms with Gasteiger partial charge in [-0.05, 0) is 56.9 Å². The standard InChI is InChI=1S/C18H21N5O2/c1-13(21-18(25)14-5-3-2-4-6-14)17(24)22-15-7-9-16(10-8-15)23-12-19-11-20-23/h5,7-13H,2-4,6H2,1H3,(H,21,25)(H,22,24)/t13-/m1/s1. The molecular formula is C18H21N5O2. The number of carbonyl (C=O) groups is 2. The highest BCUT2D eigenvalue weighted by molar-refractivity contribution is 6.00. The van der Waals surface area contributed by atoms with Crippen LogP contribution in [0.4, 0.5) is 5.69 Å². The molecule has 0 bridgehead atoms. The van der Waals surface area contributed by atoms with Gasteiger partial charge in [0.05, 0.1) is 5.69 Å². The van der Waals surface area contributed by atoms with Gasteiger partial charge in [-0.25, -0.2) is 9.67 Å². The van der Waals surface area contributed by atoms with E-state index in [2.05, 4.69) is 20.7 Å². The Balaban J connectivity index is 1.56. The number of aromatic nitrogens is 3. The van der Waals surface area contributed by atoms with Crippen LogP contribution in [0.15, 0.2) is 48.6 Å². The molecule has 130 valence electrons. The molecule has 7 heteroatoms. The molecule has 1 aliphatic carbocycles. The molecule has 7 nitrogen and oxygen atoms in total. The lowest BCUT2D eigenvalue weighted by atomic mass is 9.99. The van der Waals surface area contributed by atoms with Gasteiger partial charge in [-0.1, -0.05) is 6.08 Å². The second-order valence-electron chi connectivity index (χ2n) is 6.05. The van der Waals surface area contributed by atoms with Crippen LogP contribution in [0.3, 0.4) is 0 Å². The molecule has 1 aliphatic rings. The van der Waals surface area contributed by atoms with Gasteiger partial charge >= 0.3 is 0 Å². The second kappa shape index (κ2) is 7.74. The van der Waals surface area contributed by atoms with Crippen LogP contribution in [-0.4, -0.2) is 32.6 Å². The molecule has 3 rings (SSSR count). The Bertz CT molecular complexity index is 765. The number of hydrogen-bond acceptors (Lipinski definition) is 4. The molecule has 0 fully saturated rings. The van der Waals surface area contributed by atoms with E-state index in [4.69, 9.17) is 0 Å². The Hall–Kier alpha value is -2.96. The molecule has 1 aromatic heterocycles.